The third kappa shape index (κ3) is 7.10. The highest BCUT2D eigenvalue weighted by Crippen LogP contribution is 2.24. The second-order valence-corrected chi connectivity index (χ2v) is 8.68. The molecule has 1 N–H and O–H groups in total. The van der Waals surface area contributed by atoms with E-state index in [4.69, 9.17) is 34.8 Å². The van der Waals surface area contributed by atoms with E-state index in [1.54, 1.807) is 30.1 Å². The number of carbonyl (C=O) groups is 2. The highest BCUT2D eigenvalue weighted by molar-refractivity contribution is 7.99. The first-order valence-electron chi connectivity index (χ1n) is 9.12. The van der Waals surface area contributed by atoms with Crippen LogP contribution in [0.1, 0.15) is 24.5 Å². The molecule has 2 aromatic carbocycles. The van der Waals surface area contributed by atoms with Gasteiger partial charge in [0.15, 0.2) is 0 Å². The highest BCUT2D eigenvalue weighted by Gasteiger charge is 2.28. The summed E-state index contributed by atoms with van der Waals surface area (Å²) in [6.45, 7) is 2.12. The van der Waals surface area contributed by atoms with Crippen LogP contribution < -0.4 is 5.32 Å². The highest BCUT2D eigenvalue weighted by atomic mass is 35.5. The predicted molar refractivity (Wildman–Crippen MR) is 123 cm³/mol. The van der Waals surface area contributed by atoms with Gasteiger partial charge >= 0.3 is 0 Å². The van der Waals surface area contributed by atoms with Crippen LogP contribution in [0.25, 0.3) is 0 Å². The molecule has 2 amide bonds. The van der Waals surface area contributed by atoms with Crippen LogP contribution >= 0.6 is 46.6 Å². The van der Waals surface area contributed by atoms with Crippen molar-refractivity contribution in [1.82, 2.24) is 10.2 Å². The average Bonchev–Trinajstić information content (AvgIpc) is 2.70. The Morgan fingerprint density at radius 3 is 2.31 bits per heavy atom. The molecule has 0 heterocycles. The van der Waals surface area contributed by atoms with Crippen LogP contribution in [0.5, 0.6) is 0 Å². The number of rotatable bonds is 9. The quantitative estimate of drug-likeness (QED) is 0.528. The lowest BCUT2D eigenvalue weighted by molar-refractivity contribution is -0.139. The number of hydrogen-bond donors (Lipinski definition) is 1. The molecule has 2 rings (SSSR count). The van der Waals surface area contributed by atoms with E-state index in [1.165, 1.54) is 11.8 Å². The summed E-state index contributed by atoms with van der Waals surface area (Å²) in [4.78, 5) is 27.0. The molecule has 0 aliphatic carbocycles. The molecule has 0 saturated carbocycles. The molecule has 156 valence electrons. The number of likely N-dealkylation sites (N-methyl/N-ethyl adjacent to an activating group) is 1. The Labute approximate surface area is 190 Å². The van der Waals surface area contributed by atoms with Gasteiger partial charge in [0, 0.05) is 34.4 Å². The Morgan fingerprint density at radius 2 is 1.72 bits per heavy atom. The number of amides is 2. The van der Waals surface area contributed by atoms with Crippen LogP contribution in [0.4, 0.5) is 0 Å². The molecular weight excluding hydrogens is 451 g/mol. The summed E-state index contributed by atoms with van der Waals surface area (Å²) in [6, 6.07) is 12.1. The summed E-state index contributed by atoms with van der Waals surface area (Å²) in [7, 11) is 1.57. The summed E-state index contributed by atoms with van der Waals surface area (Å²) in [5.41, 5.74) is 1.83. The fourth-order valence-electron chi connectivity index (χ4n) is 2.84. The van der Waals surface area contributed by atoms with Gasteiger partial charge in [-0.1, -0.05) is 59.9 Å². The van der Waals surface area contributed by atoms with Crippen molar-refractivity contribution >= 4 is 58.4 Å². The van der Waals surface area contributed by atoms with Gasteiger partial charge < -0.3 is 10.2 Å². The summed E-state index contributed by atoms with van der Waals surface area (Å²) in [6.07, 6.45) is 0.498. The summed E-state index contributed by atoms with van der Waals surface area (Å²) < 4.78 is 0. The van der Waals surface area contributed by atoms with Gasteiger partial charge in [-0.3, -0.25) is 9.59 Å². The smallest absolute Gasteiger partial charge is 0.242 e. The number of thioether (sulfide) groups is 1. The van der Waals surface area contributed by atoms with Crippen molar-refractivity contribution in [3.8, 4) is 0 Å². The van der Waals surface area contributed by atoms with Gasteiger partial charge in [-0.2, -0.15) is 0 Å². The zero-order valence-electron chi connectivity index (χ0n) is 16.3. The molecule has 0 unspecified atom stereocenters. The van der Waals surface area contributed by atoms with E-state index in [2.05, 4.69) is 5.32 Å². The lowest BCUT2D eigenvalue weighted by Gasteiger charge is -2.30. The maximum atomic E-state index is 13.0. The Balaban J connectivity index is 2.13. The van der Waals surface area contributed by atoms with E-state index in [9.17, 15) is 9.59 Å². The third-order valence-corrected chi connectivity index (χ3v) is 6.22. The molecule has 8 heteroatoms. The minimum atomic E-state index is -0.574. The maximum Gasteiger partial charge on any atom is 0.242 e. The van der Waals surface area contributed by atoms with Gasteiger partial charge in [-0.05, 0) is 41.8 Å². The molecule has 4 nitrogen and oxygen atoms in total. The van der Waals surface area contributed by atoms with Crippen molar-refractivity contribution in [2.24, 2.45) is 0 Å². The Bertz CT molecular complexity index is 846. The molecule has 0 aliphatic rings. The summed E-state index contributed by atoms with van der Waals surface area (Å²) >= 11 is 19.7. The van der Waals surface area contributed by atoms with Crippen LogP contribution in [0, 0.1) is 0 Å². The molecule has 0 aromatic heterocycles. The van der Waals surface area contributed by atoms with E-state index in [0.29, 0.717) is 27.2 Å². The first-order valence-corrected chi connectivity index (χ1v) is 11.4. The average molecular weight is 474 g/mol. The predicted octanol–water partition coefficient (Wildman–Crippen LogP) is 5.43. The van der Waals surface area contributed by atoms with E-state index in [1.807, 2.05) is 31.2 Å². The molecule has 1 atom stereocenters. The van der Waals surface area contributed by atoms with E-state index >= 15 is 0 Å². The topological polar surface area (TPSA) is 49.4 Å². The minimum absolute atomic E-state index is 0.120. The molecule has 0 saturated heterocycles. The molecule has 0 aliphatic heterocycles. The molecule has 0 radical (unpaired) electrons. The molecular formula is C21H23Cl3N2O2S. The Morgan fingerprint density at radius 1 is 1.07 bits per heavy atom. The van der Waals surface area contributed by atoms with Crippen molar-refractivity contribution in [2.45, 2.75) is 31.7 Å². The van der Waals surface area contributed by atoms with Gasteiger partial charge in [-0.15, -0.1) is 11.8 Å². The number of hydrogen-bond acceptors (Lipinski definition) is 3. The van der Waals surface area contributed by atoms with E-state index in [0.717, 1.165) is 11.1 Å². The SMILES string of the molecule is CC[C@H](C(=O)NC)N(Cc1ccc(Cl)cc1Cl)C(=O)CSCc1ccc(Cl)cc1. The zero-order chi connectivity index (χ0) is 21.4. The number of carbonyl (C=O) groups excluding carboxylic acids is 2. The van der Waals surface area contributed by atoms with Gasteiger partial charge in [0.2, 0.25) is 11.8 Å². The van der Waals surface area contributed by atoms with Gasteiger partial charge in [0.05, 0.1) is 5.75 Å². The second kappa shape index (κ2) is 11.7. The van der Waals surface area contributed by atoms with Crippen LogP contribution in [0.15, 0.2) is 42.5 Å². The molecule has 2 aromatic rings. The zero-order valence-corrected chi connectivity index (χ0v) is 19.3. The molecule has 29 heavy (non-hydrogen) atoms. The first-order chi connectivity index (χ1) is 13.8. The standard InChI is InChI=1S/C21H23Cl3N2O2S/c1-3-19(21(28)25-2)26(11-15-6-9-17(23)10-18(15)24)20(27)13-29-12-14-4-7-16(22)8-5-14/h4-10,19H,3,11-13H2,1-2H3,(H,25,28)/t19-/m1/s1. The number of halogens is 3. The van der Waals surface area contributed by atoms with E-state index < -0.39 is 6.04 Å². The monoisotopic (exact) mass is 472 g/mol. The third-order valence-electron chi connectivity index (χ3n) is 4.40. The van der Waals surface area contributed by atoms with Crippen molar-refractivity contribution in [1.29, 1.82) is 0 Å². The minimum Gasteiger partial charge on any atom is -0.357 e. The van der Waals surface area contributed by atoms with Gasteiger partial charge in [0.1, 0.15) is 6.04 Å². The van der Waals surface area contributed by atoms with Crippen LogP contribution in [-0.4, -0.2) is 35.6 Å². The summed E-state index contributed by atoms with van der Waals surface area (Å²) in [5, 5.41) is 4.31. The Kier molecular flexibility index (Phi) is 9.63. The lowest BCUT2D eigenvalue weighted by Crippen LogP contribution is -2.48. The van der Waals surface area contributed by atoms with Crippen molar-refractivity contribution < 1.29 is 9.59 Å². The lowest BCUT2D eigenvalue weighted by atomic mass is 10.1. The van der Waals surface area contributed by atoms with Crippen molar-refractivity contribution in [3.63, 3.8) is 0 Å². The van der Waals surface area contributed by atoms with Gasteiger partial charge in [0.25, 0.3) is 0 Å². The fourth-order valence-corrected chi connectivity index (χ4v) is 4.30. The fraction of sp³-hybridized carbons (Fsp3) is 0.333. The van der Waals surface area contributed by atoms with Crippen LogP contribution in [0.3, 0.4) is 0 Å². The maximum absolute atomic E-state index is 13.0. The van der Waals surface area contributed by atoms with Crippen molar-refractivity contribution in [3.05, 3.63) is 68.7 Å². The number of nitrogens with one attached hydrogen (secondary N) is 1. The van der Waals surface area contributed by atoms with Crippen molar-refractivity contribution in [2.75, 3.05) is 12.8 Å². The first kappa shape index (κ1) is 23.9. The second-order valence-electron chi connectivity index (χ2n) is 6.41. The van der Waals surface area contributed by atoms with E-state index in [-0.39, 0.29) is 24.1 Å². The molecule has 0 spiro atoms. The Hall–Kier alpha value is -1.40. The van der Waals surface area contributed by atoms with Crippen LogP contribution in [0.2, 0.25) is 15.1 Å². The van der Waals surface area contributed by atoms with Crippen LogP contribution in [-0.2, 0) is 21.9 Å². The molecule has 0 bridgehead atoms. The molecule has 0 fully saturated rings. The van der Waals surface area contributed by atoms with Gasteiger partial charge in [-0.25, -0.2) is 0 Å². The normalized spacial score (nSPS) is 11.8. The number of benzene rings is 2. The summed E-state index contributed by atoms with van der Waals surface area (Å²) in [5.74, 6) is 0.607. The largest absolute Gasteiger partial charge is 0.357 e. The number of nitrogens with zero attached hydrogens (tertiary/aromatic N) is 1.